The monoisotopic (exact) mass is 255 g/mol. The lowest BCUT2D eigenvalue weighted by molar-refractivity contribution is -0.150. The van der Waals surface area contributed by atoms with E-state index in [0.717, 1.165) is 12.1 Å². The zero-order valence-corrected chi connectivity index (χ0v) is 10.1. The van der Waals surface area contributed by atoms with Gasteiger partial charge in [0.25, 0.3) is 0 Å². The summed E-state index contributed by atoms with van der Waals surface area (Å²) in [6, 6.07) is 3.32. The number of benzene rings is 1. The molecule has 1 aromatic carbocycles. The number of esters is 2. The first kappa shape index (κ1) is 14.0. The van der Waals surface area contributed by atoms with Crippen molar-refractivity contribution in [1.29, 1.82) is 0 Å². The predicted molar refractivity (Wildman–Crippen MR) is 62.3 cm³/mol. The van der Waals surface area contributed by atoms with E-state index in [2.05, 4.69) is 4.74 Å². The van der Waals surface area contributed by atoms with Crippen LogP contribution in [-0.4, -0.2) is 24.6 Å². The van der Waals surface area contributed by atoms with Crippen molar-refractivity contribution in [2.75, 3.05) is 12.3 Å². The summed E-state index contributed by atoms with van der Waals surface area (Å²) in [4.78, 5) is 22.7. The Morgan fingerprint density at radius 3 is 2.67 bits per heavy atom. The number of nitrogens with two attached hydrogens (primary N) is 1. The molecule has 0 unspecified atom stereocenters. The van der Waals surface area contributed by atoms with Crippen molar-refractivity contribution in [2.45, 2.75) is 20.0 Å². The molecular weight excluding hydrogens is 241 g/mol. The van der Waals surface area contributed by atoms with Gasteiger partial charge < -0.3 is 15.2 Å². The molecular formula is C12H14FNO4. The number of nitrogen functional groups attached to an aromatic ring is 1. The Kier molecular flexibility index (Phi) is 4.65. The molecule has 0 aliphatic heterocycles. The van der Waals surface area contributed by atoms with Gasteiger partial charge in [0.15, 0.2) is 6.61 Å². The van der Waals surface area contributed by atoms with Gasteiger partial charge >= 0.3 is 11.9 Å². The van der Waals surface area contributed by atoms with Crippen molar-refractivity contribution in [2.24, 2.45) is 0 Å². The third-order valence-electron chi connectivity index (χ3n) is 1.92. The lowest BCUT2D eigenvalue weighted by Crippen LogP contribution is -2.20. The maximum atomic E-state index is 12.9. The number of hydrogen-bond donors (Lipinski definition) is 1. The summed E-state index contributed by atoms with van der Waals surface area (Å²) in [5, 5.41) is 0. The van der Waals surface area contributed by atoms with Gasteiger partial charge in [-0.3, -0.25) is 0 Å². The minimum Gasteiger partial charge on any atom is -0.460 e. The van der Waals surface area contributed by atoms with Crippen LogP contribution in [-0.2, 0) is 14.3 Å². The van der Waals surface area contributed by atoms with Gasteiger partial charge in [0.1, 0.15) is 5.82 Å². The number of halogens is 1. The number of anilines is 1. The normalized spacial score (nSPS) is 10.2. The van der Waals surface area contributed by atoms with Gasteiger partial charge in [0, 0.05) is 5.69 Å². The number of carbonyl (C=O) groups is 2. The Balaban J connectivity index is 2.60. The molecule has 98 valence electrons. The molecule has 0 spiro atoms. The van der Waals surface area contributed by atoms with Gasteiger partial charge in [-0.25, -0.2) is 14.0 Å². The second-order valence-corrected chi connectivity index (χ2v) is 3.85. The number of carbonyl (C=O) groups excluding carboxylic acids is 2. The maximum absolute atomic E-state index is 12.9. The summed E-state index contributed by atoms with van der Waals surface area (Å²) in [6.07, 6.45) is -0.296. The first-order chi connectivity index (χ1) is 8.40. The van der Waals surface area contributed by atoms with Crippen molar-refractivity contribution in [3.63, 3.8) is 0 Å². The van der Waals surface area contributed by atoms with Crippen LogP contribution in [0.1, 0.15) is 24.2 Å². The number of rotatable bonds is 4. The summed E-state index contributed by atoms with van der Waals surface area (Å²) in [6.45, 7) is 2.81. The molecule has 0 saturated heterocycles. The van der Waals surface area contributed by atoms with E-state index in [0.29, 0.717) is 0 Å². The molecule has 0 aromatic heterocycles. The molecule has 0 fully saturated rings. The first-order valence-corrected chi connectivity index (χ1v) is 5.31. The highest BCUT2D eigenvalue weighted by molar-refractivity contribution is 5.95. The first-order valence-electron chi connectivity index (χ1n) is 5.31. The molecule has 6 heteroatoms. The standard InChI is InChI=1S/C12H14FNO4/c1-7(2)18-11(15)6-17-12(16)9-5-8(13)3-4-10(9)14/h3-5,7H,6,14H2,1-2H3. The number of ether oxygens (including phenoxy) is 2. The predicted octanol–water partition coefficient (Wildman–Crippen LogP) is 1.52. The summed E-state index contributed by atoms with van der Waals surface area (Å²) < 4.78 is 22.4. The summed E-state index contributed by atoms with van der Waals surface area (Å²) >= 11 is 0. The largest absolute Gasteiger partial charge is 0.460 e. The zero-order chi connectivity index (χ0) is 13.7. The van der Waals surface area contributed by atoms with E-state index in [1.807, 2.05) is 0 Å². The van der Waals surface area contributed by atoms with E-state index in [-0.39, 0.29) is 17.4 Å². The van der Waals surface area contributed by atoms with Crippen LogP contribution in [0.15, 0.2) is 18.2 Å². The van der Waals surface area contributed by atoms with Crippen molar-refractivity contribution in [3.8, 4) is 0 Å². The van der Waals surface area contributed by atoms with Crippen LogP contribution in [0.4, 0.5) is 10.1 Å². The summed E-state index contributed by atoms with van der Waals surface area (Å²) in [7, 11) is 0. The Morgan fingerprint density at radius 2 is 2.06 bits per heavy atom. The minimum absolute atomic E-state index is 0.0821. The van der Waals surface area contributed by atoms with Crippen LogP contribution in [0.5, 0.6) is 0 Å². The van der Waals surface area contributed by atoms with E-state index in [1.54, 1.807) is 13.8 Å². The van der Waals surface area contributed by atoms with Gasteiger partial charge in [-0.05, 0) is 32.0 Å². The fourth-order valence-electron chi connectivity index (χ4n) is 1.20. The fourth-order valence-corrected chi connectivity index (χ4v) is 1.20. The molecule has 0 amide bonds. The highest BCUT2D eigenvalue weighted by Crippen LogP contribution is 2.14. The van der Waals surface area contributed by atoms with Crippen LogP contribution < -0.4 is 5.73 Å². The Labute approximate surface area is 104 Å². The van der Waals surface area contributed by atoms with Crippen LogP contribution in [0.3, 0.4) is 0 Å². The SMILES string of the molecule is CC(C)OC(=O)COC(=O)c1cc(F)ccc1N. The van der Waals surface area contributed by atoms with E-state index in [4.69, 9.17) is 10.5 Å². The average molecular weight is 255 g/mol. The van der Waals surface area contributed by atoms with Gasteiger partial charge in [0.2, 0.25) is 0 Å². The van der Waals surface area contributed by atoms with Crippen LogP contribution in [0.2, 0.25) is 0 Å². The average Bonchev–Trinajstić information content (AvgIpc) is 2.28. The van der Waals surface area contributed by atoms with Crippen molar-refractivity contribution in [3.05, 3.63) is 29.6 Å². The van der Waals surface area contributed by atoms with E-state index < -0.39 is 24.4 Å². The highest BCUT2D eigenvalue weighted by atomic mass is 19.1. The minimum atomic E-state index is -0.868. The molecule has 18 heavy (non-hydrogen) atoms. The molecule has 0 aliphatic rings. The summed E-state index contributed by atoms with van der Waals surface area (Å²) in [5.74, 6) is -2.15. The maximum Gasteiger partial charge on any atom is 0.344 e. The molecule has 2 N–H and O–H groups in total. The second kappa shape index (κ2) is 6.00. The molecule has 0 bridgehead atoms. The Morgan fingerprint density at radius 1 is 1.39 bits per heavy atom. The van der Waals surface area contributed by atoms with Gasteiger partial charge in [-0.2, -0.15) is 0 Å². The van der Waals surface area contributed by atoms with Crippen molar-refractivity contribution >= 4 is 17.6 Å². The van der Waals surface area contributed by atoms with E-state index in [1.165, 1.54) is 6.07 Å². The van der Waals surface area contributed by atoms with Gasteiger partial charge in [-0.1, -0.05) is 0 Å². The quantitative estimate of drug-likeness (QED) is 0.651. The molecule has 0 radical (unpaired) electrons. The van der Waals surface area contributed by atoms with E-state index >= 15 is 0 Å². The molecule has 0 atom stereocenters. The highest BCUT2D eigenvalue weighted by Gasteiger charge is 2.15. The Bertz CT molecular complexity index is 459. The molecule has 0 heterocycles. The lowest BCUT2D eigenvalue weighted by Gasteiger charge is -2.09. The van der Waals surface area contributed by atoms with Crippen molar-refractivity contribution in [1.82, 2.24) is 0 Å². The molecule has 5 nitrogen and oxygen atoms in total. The topological polar surface area (TPSA) is 78.6 Å². The Hall–Kier alpha value is -2.11. The fraction of sp³-hybridized carbons (Fsp3) is 0.333. The summed E-state index contributed by atoms with van der Waals surface area (Å²) in [5.41, 5.74) is 5.46. The third kappa shape index (κ3) is 4.04. The lowest BCUT2D eigenvalue weighted by atomic mass is 10.2. The number of hydrogen-bond acceptors (Lipinski definition) is 5. The smallest absolute Gasteiger partial charge is 0.344 e. The third-order valence-corrected chi connectivity index (χ3v) is 1.92. The van der Waals surface area contributed by atoms with Crippen LogP contribution in [0.25, 0.3) is 0 Å². The van der Waals surface area contributed by atoms with Gasteiger partial charge in [0.05, 0.1) is 11.7 Å². The molecule has 1 aromatic rings. The molecule has 0 aliphatic carbocycles. The van der Waals surface area contributed by atoms with Crippen LogP contribution in [0, 0.1) is 5.82 Å². The second-order valence-electron chi connectivity index (χ2n) is 3.85. The van der Waals surface area contributed by atoms with Gasteiger partial charge in [-0.15, -0.1) is 0 Å². The molecule has 0 saturated carbocycles. The van der Waals surface area contributed by atoms with Crippen molar-refractivity contribution < 1.29 is 23.5 Å². The zero-order valence-electron chi connectivity index (χ0n) is 10.1. The molecule has 1 rings (SSSR count). The van der Waals surface area contributed by atoms with Crippen LogP contribution >= 0.6 is 0 Å². The van der Waals surface area contributed by atoms with E-state index in [9.17, 15) is 14.0 Å².